The Kier molecular flexibility index (Phi) is 5.08. The van der Waals surface area contributed by atoms with E-state index in [4.69, 9.17) is 16.0 Å². The van der Waals surface area contributed by atoms with Crippen molar-refractivity contribution < 1.29 is 4.42 Å². The number of hydrogen-bond acceptors (Lipinski definition) is 4. The Balaban J connectivity index is 2.10. The molecule has 2 rings (SSSR count). The van der Waals surface area contributed by atoms with Crippen LogP contribution in [0.5, 0.6) is 0 Å². The fourth-order valence-electron chi connectivity index (χ4n) is 2.55. The van der Waals surface area contributed by atoms with Crippen LogP contribution in [0.3, 0.4) is 0 Å². The first-order valence-electron chi connectivity index (χ1n) is 7.32. The van der Waals surface area contributed by atoms with E-state index in [0.717, 1.165) is 13.0 Å². The molecular weight excluding hydrogens is 262 g/mol. The maximum absolute atomic E-state index is 5.99. The van der Waals surface area contributed by atoms with E-state index in [1.165, 1.54) is 25.7 Å². The zero-order valence-electron chi connectivity index (χ0n) is 12.1. The highest BCUT2D eigenvalue weighted by molar-refractivity contribution is 6.20. The van der Waals surface area contributed by atoms with Gasteiger partial charge in [0.25, 0.3) is 0 Å². The molecule has 0 amide bonds. The van der Waals surface area contributed by atoms with Crippen LogP contribution in [0, 0.1) is 5.92 Å². The minimum absolute atomic E-state index is 0.225. The van der Waals surface area contributed by atoms with Crippen molar-refractivity contribution in [3.05, 3.63) is 5.89 Å². The Bertz CT molecular complexity index is 386. The predicted molar refractivity (Wildman–Crippen MR) is 77.6 cm³/mol. The molecule has 5 heteroatoms. The van der Waals surface area contributed by atoms with Gasteiger partial charge in [-0.05, 0) is 32.1 Å². The number of alkyl halides is 1. The van der Waals surface area contributed by atoms with Crippen LogP contribution in [0.4, 0.5) is 6.01 Å². The Morgan fingerprint density at radius 1 is 1.26 bits per heavy atom. The SMILES string of the molecule is CC(C)CCN(c1nnc(C(C)Cl)o1)C1CCCC1. The minimum Gasteiger partial charge on any atom is -0.406 e. The van der Waals surface area contributed by atoms with Crippen molar-refractivity contribution in [2.24, 2.45) is 5.92 Å². The van der Waals surface area contributed by atoms with E-state index in [9.17, 15) is 0 Å². The van der Waals surface area contributed by atoms with Crippen LogP contribution in [0.2, 0.25) is 0 Å². The molecule has 0 radical (unpaired) electrons. The normalized spacial score (nSPS) is 18.2. The van der Waals surface area contributed by atoms with Gasteiger partial charge in [-0.2, -0.15) is 0 Å². The molecule has 1 fully saturated rings. The zero-order chi connectivity index (χ0) is 13.8. The summed E-state index contributed by atoms with van der Waals surface area (Å²) >= 11 is 5.99. The van der Waals surface area contributed by atoms with Crippen molar-refractivity contribution in [2.45, 2.75) is 64.3 Å². The second-order valence-electron chi connectivity index (χ2n) is 5.85. The Morgan fingerprint density at radius 3 is 2.47 bits per heavy atom. The summed E-state index contributed by atoms with van der Waals surface area (Å²) in [4.78, 5) is 2.29. The number of anilines is 1. The number of nitrogens with zero attached hydrogens (tertiary/aromatic N) is 3. The van der Waals surface area contributed by atoms with Crippen LogP contribution in [-0.4, -0.2) is 22.8 Å². The topological polar surface area (TPSA) is 42.2 Å². The Hall–Kier alpha value is -0.770. The summed E-state index contributed by atoms with van der Waals surface area (Å²) < 4.78 is 5.72. The molecule has 0 saturated heterocycles. The molecule has 1 atom stereocenters. The van der Waals surface area contributed by atoms with Gasteiger partial charge in [0.15, 0.2) is 0 Å². The largest absolute Gasteiger partial charge is 0.406 e. The van der Waals surface area contributed by atoms with Gasteiger partial charge in [-0.1, -0.05) is 31.8 Å². The highest BCUT2D eigenvalue weighted by Gasteiger charge is 2.27. The van der Waals surface area contributed by atoms with Gasteiger partial charge >= 0.3 is 6.01 Å². The fourth-order valence-corrected chi connectivity index (χ4v) is 2.64. The summed E-state index contributed by atoms with van der Waals surface area (Å²) in [5.41, 5.74) is 0. The molecule has 0 aliphatic heterocycles. The quantitative estimate of drug-likeness (QED) is 0.736. The van der Waals surface area contributed by atoms with Gasteiger partial charge < -0.3 is 9.32 Å². The molecule has 1 aromatic rings. The third-order valence-electron chi connectivity index (χ3n) is 3.73. The molecule has 1 saturated carbocycles. The molecule has 0 N–H and O–H groups in total. The van der Waals surface area contributed by atoms with Crippen LogP contribution >= 0.6 is 11.6 Å². The molecule has 1 aliphatic rings. The van der Waals surface area contributed by atoms with E-state index in [1.807, 2.05) is 6.92 Å². The van der Waals surface area contributed by atoms with Crippen LogP contribution in [-0.2, 0) is 0 Å². The van der Waals surface area contributed by atoms with Gasteiger partial charge in [-0.15, -0.1) is 16.7 Å². The molecule has 108 valence electrons. The molecule has 19 heavy (non-hydrogen) atoms. The van der Waals surface area contributed by atoms with Crippen molar-refractivity contribution in [2.75, 3.05) is 11.4 Å². The molecule has 0 spiro atoms. The number of halogens is 1. The van der Waals surface area contributed by atoms with Crippen molar-refractivity contribution >= 4 is 17.6 Å². The summed E-state index contributed by atoms with van der Waals surface area (Å²) in [5, 5.41) is 8.00. The smallest absolute Gasteiger partial charge is 0.318 e. The zero-order valence-corrected chi connectivity index (χ0v) is 12.9. The second kappa shape index (κ2) is 6.60. The lowest BCUT2D eigenvalue weighted by Gasteiger charge is -2.27. The maximum Gasteiger partial charge on any atom is 0.318 e. The highest BCUT2D eigenvalue weighted by atomic mass is 35.5. The molecule has 1 heterocycles. The average molecular weight is 286 g/mol. The summed E-state index contributed by atoms with van der Waals surface area (Å²) in [6, 6.07) is 1.20. The Labute approximate surface area is 120 Å². The predicted octanol–water partition coefficient (Wildman–Crippen LogP) is 4.16. The monoisotopic (exact) mass is 285 g/mol. The van der Waals surface area contributed by atoms with Crippen LogP contribution in [0.25, 0.3) is 0 Å². The third kappa shape index (κ3) is 3.85. The van der Waals surface area contributed by atoms with E-state index >= 15 is 0 Å². The van der Waals surface area contributed by atoms with E-state index in [1.54, 1.807) is 0 Å². The van der Waals surface area contributed by atoms with Crippen LogP contribution in [0.1, 0.15) is 64.1 Å². The molecule has 0 aromatic carbocycles. The molecule has 0 bridgehead atoms. The lowest BCUT2D eigenvalue weighted by atomic mass is 10.1. The van der Waals surface area contributed by atoms with Crippen molar-refractivity contribution in [3.8, 4) is 0 Å². The molecule has 1 aliphatic carbocycles. The summed E-state index contributed by atoms with van der Waals surface area (Å²) in [6.45, 7) is 7.33. The van der Waals surface area contributed by atoms with Crippen LogP contribution in [0.15, 0.2) is 4.42 Å². The number of rotatable bonds is 6. The number of aromatic nitrogens is 2. The minimum atomic E-state index is -0.225. The molecule has 4 nitrogen and oxygen atoms in total. The first-order chi connectivity index (χ1) is 9.08. The van der Waals surface area contributed by atoms with Gasteiger partial charge in [0.1, 0.15) is 5.38 Å². The van der Waals surface area contributed by atoms with E-state index in [0.29, 0.717) is 23.9 Å². The van der Waals surface area contributed by atoms with Gasteiger partial charge in [0.2, 0.25) is 5.89 Å². The van der Waals surface area contributed by atoms with Crippen molar-refractivity contribution in [1.29, 1.82) is 0 Å². The van der Waals surface area contributed by atoms with Gasteiger partial charge in [-0.25, -0.2) is 0 Å². The Morgan fingerprint density at radius 2 is 1.95 bits per heavy atom. The van der Waals surface area contributed by atoms with E-state index in [-0.39, 0.29) is 5.38 Å². The van der Waals surface area contributed by atoms with E-state index < -0.39 is 0 Å². The van der Waals surface area contributed by atoms with Gasteiger partial charge in [0.05, 0.1) is 0 Å². The van der Waals surface area contributed by atoms with Gasteiger partial charge in [-0.3, -0.25) is 0 Å². The molecule has 1 aromatic heterocycles. The van der Waals surface area contributed by atoms with Crippen molar-refractivity contribution in [1.82, 2.24) is 10.2 Å². The van der Waals surface area contributed by atoms with Crippen molar-refractivity contribution in [3.63, 3.8) is 0 Å². The standard InChI is InChI=1S/C14H24ClN3O/c1-10(2)8-9-18(12-6-4-5-7-12)14-17-16-13(19-14)11(3)15/h10-12H,4-9H2,1-3H3. The lowest BCUT2D eigenvalue weighted by molar-refractivity contribution is 0.445. The summed E-state index contributed by atoms with van der Waals surface area (Å²) in [6.07, 6.45) is 6.20. The second-order valence-corrected chi connectivity index (χ2v) is 6.51. The summed E-state index contributed by atoms with van der Waals surface area (Å²) in [7, 11) is 0. The van der Waals surface area contributed by atoms with Crippen LogP contribution < -0.4 is 4.90 Å². The first-order valence-corrected chi connectivity index (χ1v) is 7.75. The van der Waals surface area contributed by atoms with Gasteiger partial charge in [0, 0.05) is 12.6 Å². The maximum atomic E-state index is 5.99. The first kappa shape index (κ1) is 14.6. The molecule has 1 unspecified atom stereocenters. The summed E-state index contributed by atoms with van der Waals surface area (Å²) in [5.74, 6) is 1.20. The fraction of sp³-hybridized carbons (Fsp3) is 0.857. The average Bonchev–Trinajstić information content (AvgIpc) is 2.98. The van der Waals surface area contributed by atoms with E-state index in [2.05, 4.69) is 28.9 Å². The molecular formula is C14H24ClN3O. The highest BCUT2D eigenvalue weighted by Crippen LogP contribution is 2.29. The number of hydrogen-bond donors (Lipinski definition) is 0. The third-order valence-corrected chi connectivity index (χ3v) is 3.92. The lowest BCUT2D eigenvalue weighted by Crippen LogP contribution is -2.35.